The number of carbonyl (C=O) groups is 2. The fourth-order valence-electron chi connectivity index (χ4n) is 3.11. The third kappa shape index (κ3) is 4.45. The Kier molecular flexibility index (Phi) is 5.64. The third-order valence-corrected chi connectivity index (χ3v) is 4.74. The molecule has 1 saturated heterocycles. The van der Waals surface area contributed by atoms with Crippen LogP contribution < -0.4 is 10.6 Å². The Labute approximate surface area is 143 Å². The number of benzene rings is 1. The molecule has 0 aromatic heterocycles. The van der Waals surface area contributed by atoms with Gasteiger partial charge in [-0.2, -0.15) is 0 Å². The standard InChI is InChI=1S/C19H25N3O2/c23-18(21-16-9-4-10-16)14-17-19(24)20-11-13-22(17)12-5-8-15-6-2-1-3-7-15/h1-3,5-8,16-17H,4,9-14H2,(H,20,24)(H,21,23)/b8-5+. The normalized spacial score (nSPS) is 22.2. The fourth-order valence-corrected chi connectivity index (χ4v) is 3.11. The van der Waals surface area contributed by atoms with Crippen molar-refractivity contribution in [3.05, 3.63) is 42.0 Å². The first-order valence-electron chi connectivity index (χ1n) is 8.75. The van der Waals surface area contributed by atoms with E-state index in [4.69, 9.17) is 0 Å². The van der Waals surface area contributed by atoms with E-state index in [-0.39, 0.29) is 24.3 Å². The molecular weight excluding hydrogens is 302 g/mol. The molecule has 24 heavy (non-hydrogen) atoms. The van der Waals surface area contributed by atoms with Gasteiger partial charge in [-0.15, -0.1) is 0 Å². The second-order valence-electron chi connectivity index (χ2n) is 6.51. The highest BCUT2D eigenvalue weighted by molar-refractivity contribution is 5.89. The molecule has 2 N–H and O–H groups in total. The Balaban J connectivity index is 1.55. The molecule has 0 bridgehead atoms. The topological polar surface area (TPSA) is 61.4 Å². The van der Waals surface area contributed by atoms with Crippen LogP contribution in [0.15, 0.2) is 36.4 Å². The summed E-state index contributed by atoms with van der Waals surface area (Å²) < 4.78 is 0. The molecule has 128 valence electrons. The number of amides is 2. The monoisotopic (exact) mass is 327 g/mol. The lowest BCUT2D eigenvalue weighted by Crippen LogP contribution is -2.57. The Morgan fingerprint density at radius 1 is 1.29 bits per heavy atom. The maximum Gasteiger partial charge on any atom is 0.237 e. The molecule has 2 amide bonds. The number of nitrogens with one attached hydrogen (secondary N) is 2. The van der Waals surface area contributed by atoms with Crippen LogP contribution in [-0.4, -0.2) is 48.4 Å². The predicted octanol–water partition coefficient (Wildman–Crippen LogP) is 1.56. The lowest BCUT2D eigenvalue weighted by Gasteiger charge is -2.34. The summed E-state index contributed by atoms with van der Waals surface area (Å²) in [5.41, 5.74) is 1.14. The number of rotatable bonds is 6. The number of piperazine rings is 1. The molecular formula is C19H25N3O2. The van der Waals surface area contributed by atoms with Crippen molar-refractivity contribution in [2.24, 2.45) is 0 Å². The number of hydrogen-bond donors (Lipinski definition) is 2. The molecule has 1 aromatic carbocycles. The van der Waals surface area contributed by atoms with Gasteiger partial charge in [-0.05, 0) is 24.8 Å². The van der Waals surface area contributed by atoms with E-state index < -0.39 is 0 Å². The van der Waals surface area contributed by atoms with E-state index in [1.165, 1.54) is 6.42 Å². The summed E-state index contributed by atoms with van der Waals surface area (Å²) in [6.07, 6.45) is 7.66. The fraction of sp³-hybridized carbons (Fsp3) is 0.474. The molecule has 1 atom stereocenters. The van der Waals surface area contributed by atoms with Gasteiger partial charge in [0.15, 0.2) is 0 Å². The van der Waals surface area contributed by atoms with E-state index in [1.807, 2.05) is 30.3 Å². The van der Waals surface area contributed by atoms with Crippen molar-refractivity contribution in [2.75, 3.05) is 19.6 Å². The summed E-state index contributed by atoms with van der Waals surface area (Å²) in [5.74, 6) is -0.0584. The van der Waals surface area contributed by atoms with Gasteiger partial charge in [0.05, 0.1) is 12.5 Å². The number of nitrogens with zero attached hydrogens (tertiary/aromatic N) is 1. The van der Waals surface area contributed by atoms with Gasteiger partial charge in [-0.1, -0.05) is 42.5 Å². The number of carbonyl (C=O) groups excluding carboxylic acids is 2. The van der Waals surface area contributed by atoms with Gasteiger partial charge in [-0.25, -0.2) is 0 Å². The molecule has 5 nitrogen and oxygen atoms in total. The highest BCUT2D eigenvalue weighted by Crippen LogP contribution is 2.18. The molecule has 2 aliphatic rings. The van der Waals surface area contributed by atoms with E-state index in [0.717, 1.165) is 24.9 Å². The molecule has 3 rings (SSSR count). The second-order valence-corrected chi connectivity index (χ2v) is 6.51. The third-order valence-electron chi connectivity index (χ3n) is 4.74. The minimum Gasteiger partial charge on any atom is -0.353 e. The second kappa shape index (κ2) is 8.11. The van der Waals surface area contributed by atoms with E-state index in [2.05, 4.69) is 27.7 Å². The average molecular weight is 327 g/mol. The zero-order valence-electron chi connectivity index (χ0n) is 13.9. The molecule has 5 heteroatoms. The van der Waals surface area contributed by atoms with Crippen molar-refractivity contribution in [1.82, 2.24) is 15.5 Å². The minimum absolute atomic E-state index is 0.0150. The Bertz CT molecular complexity index is 596. The summed E-state index contributed by atoms with van der Waals surface area (Å²) in [4.78, 5) is 26.4. The smallest absolute Gasteiger partial charge is 0.237 e. The first-order valence-corrected chi connectivity index (χ1v) is 8.75. The molecule has 1 aromatic rings. The molecule has 0 spiro atoms. The summed E-state index contributed by atoms with van der Waals surface area (Å²) in [7, 11) is 0. The van der Waals surface area contributed by atoms with Crippen molar-refractivity contribution in [3.63, 3.8) is 0 Å². The van der Waals surface area contributed by atoms with Crippen LogP contribution in [0.25, 0.3) is 6.08 Å². The van der Waals surface area contributed by atoms with Crippen molar-refractivity contribution < 1.29 is 9.59 Å². The molecule has 0 radical (unpaired) electrons. The zero-order chi connectivity index (χ0) is 16.8. The van der Waals surface area contributed by atoms with Crippen LogP contribution in [-0.2, 0) is 9.59 Å². The highest BCUT2D eigenvalue weighted by atomic mass is 16.2. The zero-order valence-corrected chi connectivity index (χ0v) is 13.9. The first-order chi connectivity index (χ1) is 11.7. The maximum atomic E-state index is 12.2. The van der Waals surface area contributed by atoms with Crippen LogP contribution in [0.4, 0.5) is 0 Å². The molecule has 1 heterocycles. The average Bonchev–Trinajstić information content (AvgIpc) is 2.55. The Morgan fingerprint density at radius 3 is 2.79 bits per heavy atom. The minimum atomic E-state index is -0.376. The molecule has 1 aliphatic carbocycles. The SMILES string of the molecule is O=C(CC1C(=O)NCCN1C/C=C/c1ccccc1)NC1CCC1. The lowest BCUT2D eigenvalue weighted by molar-refractivity contribution is -0.134. The Morgan fingerprint density at radius 2 is 2.08 bits per heavy atom. The van der Waals surface area contributed by atoms with Crippen molar-refractivity contribution in [2.45, 2.75) is 37.8 Å². The first kappa shape index (κ1) is 16.7. The van der Waals surface area contributed by atoms with Crippen molar-refractivity contribution in [3.8, 4) is 0 Å². The van der Waals surface area contributed by atoms with Crippen LogP contribution in [0.5, 0.6) is 0 Å². The molecule has 1 unspecified atom stereocenters. The quantitative estimate of drug-likeness (QED) is 0.833. The maximum absolute atomic E-state index is 12.2. The van der Waals surface area contributed by atoms with Gasteiger partial charge < -0.3 is 10.6 Å². The van der Waals surface area contributed by atoms with Crippen molar-refractivity contribution in [1.29, 1.82) is 0 Å². The van der Waals surface area contributed by atoms with Gasteiger partial charge in [-0.3, -0.25) is 14.5 Å². The van der Waals surface area contributed by atoms with Crippen LogP contribution >= 0.6 is 0 Å². The molecule has 2 fully saturated rings. The molecule has 1 aliphatic heterocycles. The van der Waals surface area contributed by atoms with Crippen LogP contribution in [0, 0.1) is 0 Å². The van der Waals surface area contributed by atoms with E-state index in [9.17, 15) is 9.59 Å². The van der Waals surface area contributed by atoms with Crippen LogP contribution in [0.1, 0.15) is 31.2 Å². The van der Waals surface area contributed by atoms with Crippen molar-refractivity contribution >= 4 is 17.9 Å². The van der Waals surface area contributed by atoms with Gasteiger partial charge in [0.1, 0.15) is 0 Å². The van der Waals surface area contributed by atoms with Gasteiger partial charge in [0.25, 0.3) is 0 Å². The summed E-state index contributed by atoms with van der Waals surface area (Å²) in [6, 6.07) is 10.0. The predicted molar refractivity (Wildman–Crippen MR) is 94.2 cm³/mol. The van der Waals surface area contributed by atoms with E-state index in [0.29, 0.717) is 19.1 Å². The summed E-state index contributed by atoms with van der Waals surface area (Å²) in [5, 5.41) is 5.90. The number of hydrogen-bond acceptors (Lipinski definition) is 3. The van der Waals surface area contributed by atoms with Gasteiger partial charge in [0.2, 0.25) is 11.8 Å². The van der Waals surface area contributed by atoms with Crippen LogP contribution in [0.3, 0.4) is 0 Å². The van der Waals surface area contributed by atoms with Gasteiger partial charge >= 0.3 is 0 Å². The summed E-state index contributed by atoms with van der Waals surface area (Å²) >= 11 is 0. The van der Waals surface area contributed by atoms with E-state index >= 15 is 0 Å². The molecule has 1 saturated carbocycles. The summed E-state index contributed by atoms with van der Waals surface area (Å²) in [6.45, 7) is 2.08. The van der Waals surface area contributed by atoms with Crippen LogP contribution in [0.2, 0.25) is 0 Å². The lowest BCUT2D eigenvalue weighted by atomic mass is 9.93. The highest BCUT2D eigenvalue weighted by Gasteiger charge is 2.31. The van der Waals surface area contributed by atoms with E-state index in [1.54, 1.807) is 0 Å². The van der Waals surface area contributed by atoms with Gasteiger partial charge in [0, 0.05) is 25.7 Å². The Hall–Kier alpha value is -2.14. The largest absolute Gasteiger partial charge is 0.353 e.